The molecule has 1 fully saturated rings. The van der Waals surface area contributed by atoms with E-state index < -0.39 is 11.5 Å². The minimum atomic E-state index is -0.705. The topological polar surface area (TPSA) is 49.3 Å². The molecule has 0 aromatic rings. The summed E-state index contributed by atoms with van der Waals surface area (Å²) in [6, 6.07) is 0. The first-order valence-electron chi connectivity index (χ1n) is 5.49. The Morgan fingerprint density at radius 1 is 1.64 bits per heavy atom. The fourth-order valence-corrected chi connectivity index (χ4v) is 1.59. The summed E-state index contributed by atoms with van der Waals surface area (Å²) in [5, 5.41) is 12.4. The van der Waals surface area contributed by atoms with Gasteiger partial charge >= 0.3 is 5.97 Å². The number of carboxylic acids is 1. The van der Waals surface area contributed by atoms with E-state index >= 15 is 0 Å². The minimum Gasteiger partial charge on any atom is -0.480 e. The van der Waals surface area contributed by atoms with Crippen LogP contribution in [0.5, 0.6) is 0 Å². The summed E-state index contributed by atoms with van der Waals surface area (Å²) in [6.45, 7) is 6.88. The molecule has 1 aliphatic rings. The lowest BCUT2D eigenvalue weighted by molar-refractivity contribution is -0.145. The van der Waals surface area contributed by atoms with E-state index in [1.54, 1.807) is 0 Å². The molecule has 3 nitrogen and oxygen atoms in total. The standard InChI is InChI=1S/C11H21NO2/c1-4-8(2)7-12-11(3,10(13)14)9-5-6-9/h8-9,12H,4-7H2,1-3H3,(H,13,14). The lowest BCUT2D eigenvalue weighted by Crippen LogP contribution is -2.52. The van der Waals surface area contributed by atoms with Crippen LogP contribution in [0.2, 0.25) is 0 Å². The van der Waals surface area contributed by atoms with Crippen LogP contribution in [0.15, 0.2) is 0 Å². The minimum absolute atomic E-state index is 0.337. The second-order valence-electron chi connectivity index (χ2n) is 4.68. The Hall–Kier alpha value is -0.570. The van der Waals surface area contributed by atoms with Gasteiger partial charge in [-0.3, -0.25) is 4.79 Å². The monoisotopic (exact) mass is 199 g/mol. The Labute approximate surface area is 85.9 Å². The van der Waals surface area contributed by atoms with Crippen molar-refractivity contribution in [2.75, 3.05) is 6.54 Å². The molecular weight excluding hydrogens is 178 g/mol. The average molecular weight is 199 g/mol. The SMILES string of the molecule is CCC(C)CNC(C)(C(=O)O)C1CC1. The highest BCUT2D eigenvalue weighted by Gasteiger charge is 2.47. The third-order valence-electron chi connectivity index (χ3n) is 3.35. The molecule has 1 aliphatic carbocycles. The maximum absolute atomic E-state index is 11.1. The number of carbonyl (C=O) groups is 1. The molecule has 0 aliphatic heterocycles. The Bertz CT molecular complexity index is 213. The van der Waals surface area contributed by atoms with Gasteiger partial charge < -0.3 is 10.4 Å². The van der Waals surface area contributed by atoms with Crippen LogP contribution in [0.1, 0.15) is 40.0 Å². The maximum atomic E-state index is 11.1. The van der Waals surface area contributed by atoms with Gasteiger partial charge in [-0.1, -0.05) is 20.3 Å². The first-order chi connectivity index (χ1) is 6.50. The van der Waals surface area contributed by atoms with Crippen LogP contribution >= 0.6 is 0 Å². The van der Waals surface area contributed by atoms with Gasteiger partial charge in [0.25, 0.3) is 0 Å². The fourth-order valence-electron chi connectivity index (χ4n) is 1.59. The first-order valence-corrected chi connectivity index (χ1v) is 5.49. The van der Waals surface area contributed by atoms with Crippen molar-refractivity contribution in [3.8, 4) is 0 Å². The van der Waals surface area contributed by atoms with Gasteiger partial charge in [0.15, 0.2) is 0 Å². The molecule has 2 N–H and O–H groups in total. The van der Waals surface area contributed by atoms with Gasteiger partial charge in [-0.05, 0) is 38.1 Å². The molecule has 2 atom stereocenters. The van der Waals surface area contributed by atoms with Crippen molar-refractivity contribution in [3.05, 3.63) is 0 Å². The second-order valence-corrected chi connectivity index (χ2v) is 4.68. The number of hydrogen-bond acceptors (Lipinski definition) is 2. The third-order valence-corrected chi connectivity index (χ3v) is 3.35. The number of nitrogens with one attached hydrogen (secondary N) is 1. The zero-order valence-electron chi connectivity index (χ0n) is 9.34. The molecule has 14 heavy (non-hydrogen) atoms. The molecule has 0 amide bonds. The van der Waals surface area contributed by atoms with Crippen LogP contribution < -0.4 is 5.32 Å². The summed E-state index contributed by atoms with van der Waals surface area (Å²) in [7, 11) is 0. The number of hydrogen-bond donors (Lipinski definition) is 2. The highest BCUT2D eigenvalue weighted by Crippen LogP contribution is 2.39. The van der Waals surface area contributed by atoms with E-state index in [4.69, 9.17) is 5.11 Å². The molecule has 0 spiro atoms. The number of rotatable bonds is 6. The van der Waals surface area contributed by atoms with Crippen LogP contribution in [-0.4, -0.2) is 23.2 Å². The fraction of sp³-hybridized carbons (Fsp3) is 0.909. The summed E-state index contributed by atoms with van der Waals surface area (Å²) in [5.74, 6) is 0.180. The zero-order valence-corrected chi connectivity index (χ0v) is 9.34. The normalized spacial score (nSPS) is 22.8. The van der Waals surface area contributed by atoms with Gasteiger partial charge in [0.1, 0.15) is 5.54 Å². The Kier molecular flexibility index (Phi) is 3.53. The van der Waals surface area contributed by atoms with Gasteiger partial charge in [0.05, 0.1) is 0 Å². The Morgan fingerprint density at radius 2 is 2.21 bits per heavy atom. The van der Waals surface area contributed by atoms with E-state index in [1.807, 2.05) is 6.92 Å². The molecule has 0 aromatic carbocycles. The van der Waals surface area contributed by atoms with Crippen molar-refractivity contribution in [2.24, 2.45) is 11.8 Å². The molecule has 2 unspecified atom stereocenters. The van der Waals surface area contributed by atoms with E-state index in [2.05, 4.69) is 19.2 Å². The quantitative estimate of drug-likeness (QED) is 0.686. The molecule has 0 saturated heterocycles. The molecule has 0 radical (unpaired) electrons. The summed E-state index contributed by atoms with van der Waals surface area (Å²) in [6.07, 6.45) is 3.19. The van der Waals surface area contributed by atoms with Crippen molar-refractivity contribution in [3.63, 3.8) is 0 Å². The molecule has 1 rings (SSSR count). The van der Waals surface area contributed by atoms with Crippen LogP contribution in [0.25, 0.3) is 0 Å². The van der Waals surface area contributed by atoms with Crippen molar-refractivity contribution < 1.29 is 9.90 Å². The van der Waals surface area contributed by atoms with Gasteiger partial charge in [-0.25, -0.2) is 0 Å². The summed E-state index contributed by atoms with van der Waals surface area (Å²) >= 11 is 0. The van der Waals surface area contributed by atoms with E-state index in [9.17, 15) is 4.79 Å². The molecule has 0 aromatic heterocycles. The summed E-state index contributed by atoms with van der Waals surface area (Å²) < 4.78 is 0. The van der Waals surface area contributed by atoms with Gasteiger partial charge in [0, 0.05) is 0 Å². The van der Waals surface area contributed by atoms with Crippen molar-refractivity contribution >= 4 is 5.97 Å². The highest BCUT2D eigenvalue weighted by atomic mass is 16.4. The smallest absolute Gasteiger partial charge is 0.323 e. The molecular formula is C11H21NO2. The van der Waals surface area contributed by atoms with Gasteiger partial charge in [-0.2, -0.15) is 0 Å². The first kappa shape index (κ1) is 11.5. The average Bonchev–Trinajstić information content (AvgIpc) is 2.96. The predicted octanol–water partition coefficient (Wildman–Crippen LogP) is 1.88. The molecule has 0 heterocycles. The van der Waals surface area contributed by atoms with E-state index in [-0.39, 0.29) is 0 Å². The third kappa shape index (κ3) is 2.47. The predicted molar refractivity (Wildman–Crippen MR) is 56.2 cm³/mol. The van der Waals surface area contributed by atoms with Crippen molar-refractivity contribution in [2.45, 2.75) is 45.6 Å². The van der Waals surface area contributed by atoms with E-state index in [1.165, 1.54) is 0 Å². The highest BCUT2D eigenvalue weighted by molar-refractivity contribution is 5.79. The van der Waals surface area contributed by atoms with Crippen molar-refractivity contribution in [1.29, 1.82) is 0 Å². The van der Waals surface area contributed by atoms with Crippen LogP contribution in [0.3, 0.4) is 0 Å². The Balaban J connectivity index is 2.47. The van der Waals surface area contributed by atoms with Crippen LogP contribution in [0, 0.1) is 11.8 Å². The molecule has 3 heteroatoms. The number of aliphatic carboxylic acids is 1. The number of carboxylic acid groups (broad SMARTS) is 1. The molecule has 1 saturated carbocycles. The van der Waals surface area contributed by atoms with Crippen LogP contribution in [-0.2, 0) is 4.79 Å². The Morgan fingerprint density at radius 3 is 2.57 bits per heavy atom. The van der Waals surface area contributed by atoms with Gasteiger partial charge in [-0.15, -0.1) is 0 Å². The lowest BCUT2D eigenvalue weighted by Gasteiger charge is -2.27. The van der Waals surface area contributed by atoms with E-state index in [0.717, 1.165) is 25.8 Å². The largest absolute Gasteiger partial charge is 0.480 e. The van der Waals surface area contributed by atoms with E-state index in [0.29, 0.717) is 11.8 Å². The van der Waals surface area contributed by atoms with Gasteiger partial charge in [0.2, 0.25) is 0 Å². The summed E-state index contributed by atoms with van der Waals surface area (Å²) in [4.78, 5) is 11.1. The molecule has 0 bridgehead atoms. The summed E-state index contributed by atoms with van der Waals surface area (Å²) in [5.41, 5.74) is -0.691. The van der Waals surface area contributed by atoms with Crippen molar-refractivity contribution in [1.82, 2.24) is 5.32 Å². The molecule has 82 valence electrons. The zero-order chi connectivity index (χ0) is 10.8. The second kappa shape index (κ2) is 4.30. The lowest BCUT2D eigenvalue weighted by atomic mass is 9.95. The maximum Gasteiger partial charge on any atom is 0.323 e. The van der Waals surface area contributed by atoms with Crippen LogP contribution in [0.4, 0.5) is 0 Å².